The number of rotatable bonds is 4. The second-order valence-electron chi connectivity index (χ2n) is 4.63. The zero-order valence-electron chi connectivity index (χ0n) is 12.2. The molecule has 1 heterocycles. The number of methoxy groups -OCH3 is 2. The molecular formula is C16H15N3O3. The molecule has 2 aromatic carbocycles. The van der Waals surface area contributed by atoms with Gasteiger partial charge in [0.2, 0.25) is 0 Å². The van der Waals surface area contributed by atoms with Crippen LogP contribution in [0, 0.1) is 0 Å². The van der Waals surface area contributed by atoms with Gasteiger partial charge in [-0.05, 0) is 36.4 Å². The maximum Gasteiger partial charge on any atom is 0.160 e. The molecule has 1 aromatic heterocycles. The minimum Gasteiger partial charge on any atom is -0.504 e. The first-order chi connectivity index (χ1) is 10.7. The quantitative estimate of drug-likeness (QED) is 0.801. The molecule has 0 radical (unpaired) electrons. The Morgan fingerprint density at radius 2 is 1.77 bits per heavy atom. The van der Waals surface area contributed by atoms with Crippen molar-refractivity contribution in [3.05, 3.63) is 48.7 Å². The number of phenolic OH excluding ortho intramolecular Hbond substituents is 1. The summed E-state index contributed by atoms with van der Waals surface area (Å²) in [5, 5.41) is 18.1. The van der Waals surface area contributed by atoms with Gasteiger partial charge in [0.25, 0.3) is 0 Å². The van der Waals surface area contributed by atoms with Crippen LogP contribution in [-0.2, 0) is 0 Å². The highest BCUT2D eigenvalue weighted by atomic mass is 16.5. The van der Waals surface area contributed by atoms with Crippen molar-refractivity contribution < 1.29 is 14.6 Å². The first kappa shape index (κ1) is 13.9. The standard InChI is InChI=1S/C16H15N3O3/c1-21-13-6-3-11(4-7-13)14-10-19(18-17-14)12-5-8-16(22-2)15(20)9-12/h3-10,20H,1-2H3. The molecule has 0 aliphatic rings. The Bertz CT molecular complexity index is 782. The number of phenols is 1. The molecule has 0 aliphatic carbocycles. The van der Waals surface area contributed by atoms with E-state index >= 15 is 0 Å². The molecule has 0 amide bonds. The van der Waals surface area contributed by atoms with Crippen molar-refractivity contribution in [1.82, 2.24) is 15.0 Å². The van der Waals surface area contributed by atoms with Crippen LogP contribution in [0.5, 0.6) is 17.2 Å². The molecule has 3 aromatic rings. The predicted molar refractivity (Wildman–Crippen MR) is 81.6 cm³/mol. The van der Waals surface area contributed by atoms with Crippen LogP contribution in [0.25, 0.3) is 16.9 Å². The first-order valence-electron chi connectivity index (χ1n) is 6.65. The second kappa shape index (κ2) is 5.77. The smallest absolute Gasteiger partial charge is 0.160 e. The zero-order chi connectivity index (χ0) is 15.5. The summed E-state index contributed by atoms with van der Waals surface area (Å²) in [6, 6.07) is 12.6. The van der Waals surface area contributed by atoms with Crippen LogP contribution in [0.1, 0.15) is 0 Å². The summed E-state index contributed by atoms with van der Waals surface area (Å²) in [6.45, 7) is 0. The van der Waals surface area contributed by atoms with Gasteiger partial charge in [0.1, 0.15) is 11.4 Å². The Balaban J connectivity index is 1.91. The SMILES string of the molecule is COc1ccc(-c2cn(-c3ccc(OC)c(O)c3)nn2)cc1. The largest absolute Gasteiger partial charge is 0.504 e. The molecule has 0 bridgehead atoms. The number of aromatic nitrogens is 3. The topological polar surface area (TPSA) is 69.4 Å². The Morgan fingerprint density at radius 1 is 1.00 bits per heavy atom. The Morgan fingerprint density at radius 3 is 2.41 bits per heavy atom. The fraction of sp³-hybridized carbons (Fsp3) is 0.125. The summed E-state index contributed by atoms with van der Waals surface area (Å²) in [4.78, 5) is 0. The van der Waals surface area contributed by atoms with Crippen LogP contribution < -0.4 is 9.47 Å². The van der Waals surface area contributed by atoms with Crippen molar-refractivity contribution >= 4 is 0 Å². The monoisotopic (exact) mass is 297 g/mol. The van der Waals surface area contributed by atoms with Crippen LogP contribution in [0.15, 0.2) is 48.7 Å². The average molecular weight is 297 g/mol. The number of hydrogen-bond donors (Lipinski definition) is 1. The molecular weight excluding hydrogens is 282 g/mol. The molecule has 0 spiro atoms. The van der Waals surface area contributed by atoms with E-state index in [1.54, 1.807) is 36.2 Å². The van der Waals surface area contributed by atoms with Crippen LogP contribution in [0.3, 0.4) is 0 Å². The minimum atomic E-state index is 0.0569. The Kier molecular flexibility index (Phi) is 3.65. The fourth-order valence-corrected chi connectivity index (χ4v) is 2.10. The fourth-order valence-electron chi connectivity index (χ4n) is 2.10. The van der Waals surface area contributed by atoms with Crippen LogP contribution in [0.4, 0.5) is 0 Å². The minimum absolute atomic E-state index is 0.0569. The zero-order valence-corrected chi connectivity index (χ0v) is 12.2. The third kappa shape index (κ3) is 2.58. The van der Waals surface area contributed by atoms with Crippen LogP contribution in [-0.4, -0.2) is 34.3 Å². The molecule has 1 N–H and O–H groups in total. The predicted octanol–water partition coefficient (Wildman–Crippen LogP) is 2.66. The van der Waals surface area contributed by atoms with Gasteiger partial charge in [-0.25, -0.2) is 4.68 Å². The van der Waals surface area contributed by atoms with Gasteiger partial charge in [-0.1, -0.05) is 5.21 Å². The summed E-state index contributed by atoms with van der Waals surface area (Å²) < 4.78 is 11.8. The van der Waals surface area contributed by atoms with E-state index in [2.05, 4.69) is 10.3 Å². The second-order valence-corrected chi connectivity index (χ2v) is 4.63. The van der Waals surface area contributed by atoms with E-state index in [1.807, 2.05) is 24.3 Å². The van der Waals surface area contributed by atoms with E-state index < -0.39 is 0 Å². The van der Waals surface area contributed by atoms with Gasteiger partial charge in [-0.15, -0.1) is 5.10 Å². The molecule has 22 heavy (non-hydrogen) atoms. The molecule has 0 atom stereocenters. The summed E-state index contributed by atoms with van der Waals surface area (Å²) in [5.41, 5.74) is 2.37. The lowest BCUT2D eigenvalue weighted by Crippen LogP contribution is -1.95. The average Bonchev–Trinajstić information content (AvgIpc) is 3.05. The molecule has 0 unspecified atom stereocenters. The lowest BCUT2D eigenvalue weighted by atomic mass is 10.1. The van der Waals surface area contributed by atoms with Crippen molar-refractivity contribution in [2.24, 2.45) is 0 Å². The van der Waals surface area contributed by atoms with E-state index in [1.165, 1.54) is 7.11 Å². The lowest BCUT2D eigenvalue weighted by Gasteiger charge is -2.05. The van der Waals surface area contributed by atoms with Gasteiger partial charge >= 0.3 is 0 Å². The third-order valence-corrected chi connectivity index (χ3v) is 3.31. The summed E-state index contributed by atoms with van der Waals surface area (Å²) >= 11 is 0. The number of hydrogen-bond acceptors (Lipinski definition) is 5. The number of aromatic hydroxyl groups is 1. The molecule has 0 aliphatic heterocycles. The van der Waals surface area contributed by atoms with E-state index in [9.17, 15) is 5.11 Å². The molecule has 0 saturated heterocycles. The van der Waals surface area contributed by atoms with Crippen LogP contribution in [0.2, 0.25) is 0 Å². The summed E-state index contributed by atoms with van der Waals surface area (Å²) in [7, 11) is 3.13. The maximum atomic E-state index is 9.83. The highest BCUT2D eigenvalue weighted by molar-refractivity contribution is 5.59. The van der Waals surface area contributed by atoms with Gasteiger partial charge < -0.3 is 14.6 Å². The van der Waals surface area contributed by atoms with Gasteiger partial charge in [-0.3, -0.25) is 0 Å². The number of ether oxygens (including phenoxy) is 2. The normalized spacial score (nSPS) is 10.5. The van der Waals surface area contributed by atoms with Crippen LogP contribution >= 0.6 is 0 Å². The lowest BCUT2D eigenvalue weighted by molar-refractivity contribution is 0.373. The molecule has 3 rings (SSSR count). The molecule has 112 valence electrons. The third-order valence-electron chi connectivity index (χ3n) is 3.31. The van der Waals surface area contributed by atoms with Crippen molar-refractivity contribution in [2.75, 3.05) is 14.2 Å². The van der Waals surface area contributed by atoms with E-state index in [0.717, 1.165) is 17.0 Å². The highest BCUT2D eigenvalue weighted by Crippen LogP contribution is 2.28. The van der Waals surface area contributed by atoms with Crippen molar-refractivity contribution in [3.63, 3.8) is 0 Å². The Labute approximate surface area is 127 Å². The number of benzene rings is 2. The number of nitrogens with zero attached hydrogens (tertiary/aromatic N) is 3. The first-order valence-corrected chi connectivity index (χ1v) is 6.65. The Hall–Kier alpha value is -3.02. The van der Waals surface area contributed by atoms with Crippen molar-refractivity contribution in [2.45, 2.75) is 0 Å². The van der Waals surface area contributed by atoms with Gasteiger partial charge in [0.15, 0.2) is 11.5 Å². The van der Waals surface area contributed by atoms with Crippen molar-refractivity contribution in [3.8, 4) is 34.2 Å². The van der Waals surface area contributed by atoms with Crippen molar-refractivity contribution in [1.29, 1.82) is 0 Å². The summed E-state index contributed by atoms with van der Waals surface area (Å²) in [5.74, 6) is 1.26. The van der Waals surface area contributed by atoms with Gasteiger partial charge in [0, 0.05) is 11.6 Å². The van der Waals surface area contributed by atoms with E-state index in [-0.39, 0.29) is 5.75 Å². The van der Waals surface area contributed by atoms with E-state index in [0.29, 0.717) is 11.4 Å². The highest BCUT2D eigenvalue weighted by Gasteiger charge is 2.08. The van der Waals surface area contributed by atoms with E-state index in [4.69, 9.17) is 9.47 Å². The summed E-state index contributed by atoms with van der Waals surface area (Å²) in [6.07, 6.45) is 1.79. The molecule has 6 heteroatoms. The maximum absolute atomic E-state index is 9.83. The van der Waals surface area contributed by atoms with Gasteiger partial charge in [0.05, 0.1) is 26.1 Å². The molecule has 6 nitrogen and oxygen atoms in total. The molecule has 0 saturated carbocycles. The van der Waals surface area contributed by atoms with Gasteiger partial charge in [-0.2, -0.15) is 0 Å². The molecule has 0 fully saturated rings.